The fourth-order valence-corrected chi connectivity index (χ4v) is 3.41. The lowest BCUT2D eigenvalue weighted by molar-refractivity contribution is -0.135. The Morgan fingerprint density at radius 3 is 2.72 bits per heavy atom. The minimum Gasteiger partial charge on any atom is -0.458 e. The van der Waals surface area contributed by atoms with Gasteiger partial charge in [-0.25, -0.2) is 9.97 Å². The van der Waals surface area contributed by atoms with Gasteiger partial charge in [0.15, 0.2) is 0 Å². The van der Waals surface area contributed by atoms with E-state index in [0.717, 1.165) is 35.8 Å². The predicted molar refractivity (Wildman–Crippen MR) is 99.4 cm³/mol. The number of benzene rings is 1. The maximum absolute atomic E-state index is 13.0. The Hall–Kier alpha value is -1.95. The van der Waals surface area contributed by atoms with Crippen molar-refractivity contribution in [1.29, 1.82) is 0 Å². The number of hydrogen-bond acceptors (Lipinski definition) is 4. The van der Waals surface area contributed by atoms with E-state index in [9.17, 15) is 4.79 Å². The molecular weight excluding hydrogens is 382 g/mol. The lowest BCUT2D eigenvalue weighted by atomic mass is 9.94. The first-order valence-electron chi connectivity index (χ1n) is 8.65. The van der Waals surface area contributed by atoms with Gasteiger partial charge in [-0.15, -0.1) is 0 Å². The third kappa shape index (κ3) is 4.57. The van der Waals surface area contributed by atoms with Crippen molar-refractivity contribution in [2.24, 2.45) is 0 Å². The Morgan fingerprint density at radius 2 is 2.04 bits per heavy atom. The van der Waals surface area contributed by atoms with Crippen molar-refractivity contribution in [3.63, 3.8) is 0 Å². The molecule has 1 aliphatic rings. The van der Waals surface area contributed by atoms with Crippen molar-refractivity contribution < 1.29 is 9.53 Å². The number of aromatic nitrogens is 2. The van der Waals surface area contributed by atoms with Gasteiger partial charge >= 0.3 is 6.01 Å². The van der Waals surface area contributed by atoms with Gasteiger partial charge in [-0.1, -0.05) is 37.3 Å². The molecule has 2 atom stereocenters. The summed E-state index contributed by atoms with van der Waals surface area (Å²) in [5.41, 5.74) is 1.08. The normalized spacial score (nSPS) is 18.6. The number of ether oxygens (including phenoxy) is 1. The van der Waals surface area contributed by atoms with Gasteiger partial charge < -0.3 is 9.64 Å². The average Bonchev–Trinajstić information content (AvgIpc) is 2.65. The monoisotopic (exact) mass is 403 g/mol. The van der Waals surface area contributed by atoms with Gasteiger partial charge in [0.1, 0.15) is 6.10 Å². The van der Waals surface area contributed by atoms with Crippen LogP contribution in [0.1, 0.15) is 37.7 Å². The lowest BCUT2D eigenvalue weighted by Crippen LogP contribution is -2.46. The Balaban J connectivity index is 1.65. The van der Waals surface area contributed by atoms with Crippen LogP contribution in [-0.2, 0) is 4.79 Å². The summed E-state index contributed by atoms with van der Waals surface area (Å²) in [7, 11) is 0. The molecule has 0 radical (unpaired) electrons. The van der Waals surface area contributed by atoms with E-state index < -0.39 is 0 Å². The van der Waals surface area contributed by atoms with Crippen LogP contribution in [0.2, 0.25) is 0 Å². The van der Waals surface area contributed by atoms with Gasteiger partial charge in [-0.3, -0.25) is 4.79 Å². The molecule has 25 heavy (non-hydrogen) atoms. The van der Waals surface area contributed by atoms with Gasteiger partial charge in [0.25, 0.3) is 0 Å². The summed E-state index contributed by atoms with van der Waals surface area (Å²) in [6.07, 6.45) is 5.89. The van der Waals surface area contributed by atoms with Crippen molar-refractivity contribution in [2.75, 3.05) is 13.1 Å². The number of halogens is 1. The molecule has 0 saturated carbocycles. The van der Waals surface area contributed by atoms with Crippen molar-refractivity contribution in [3.8, 4) is 6.01 Å². The van der Waals surface area contributed by atoms with Gasteiger partial charge in [-0.2, -0.15) is 0 Å². The fraction of sp³-hybridized carbons (Fsp3) is 0.421. The molecule has 1 aliphatic heterocycles. The zero-order valence-corrected chi connectivity index (χ0v) is 15.9. The van der Waals surface area contributed by atoms with E-state index in [0.29, 0.717) is 12.6 Å². The van der Waals surface area contributed by atoms with Crippen LogP contribution in [0, 0.1) is 0 Å². The van der Waals surface area contributed by atoms with E-state index in [2.05, 4.69) is 32.8 Å². The molecule has 0 N–H and O–H groups in total. The number of carbonyl (C=O) groups excluding carboxylic acids is 1. The molecule has 132 valence electrons. The highest BCUT2D eigenvalue weighted by molar-refractivity contribution is 9.10. The molecule has 1 saturated heterocycles. The maximum atomic E-state index is 13.0. The number of likely N-dealkylation sites (tertiary alicyclic amines) is 1. The molecule has 6 heteroatoms. The fourth-order valence-electron chi connectivity index (χ4n) is 3.20. The minimum atomic E-state index is -0.0936. The number of piperidine rings is 1. The molecule has 5 nitrogen and oxygen atoms in total. The Kier molecular flexibility index (Phi) is 6.02. The van der Waals surface area contributed by atoms with Gasteiger partial charge in [0, 0.05) is 18.9 Å². The molecule has 2 unspecified atom stereocenters. The standard InChI is InChI=1S/C19H22BrN3O2/c1-2-17(14-7-4-3-5-8-14)18(24)23-10-6-9-16(13-23)25-19-21-11-15(20)12-22-19/h3-5,7-8,11-12,16-17H,2,6,9-10,13H2,1H3. The quantitative estimate of drug-likeness (QED) is 0.761. The lowest BCUT2D eigenvalue weighted by Gasteiger charge is -2.34. The smallest absolute Gasteiger partial charge is 0.316 e. The molecule has 2 heterocycles. The molecule has 0 spiro atoms. The van der Waals surface area contributed by atoms with Crippen molar-refractivity contribution in [3.05, 3.63) is 52.8 Å². The summed E-state index contributed by atoms with van der Waals surface area (Å²) >= 11 is 3.31. The minimum absolute atomic E-state index is 0.0628. The Labute approximate surface area is 156 Å². The van der Waals surface area contributed by atoms with Crippen LogP contribution in [0.3, 0.4) is 0 Å². The molecule has 3 rings (SSSR count). The third-order valence-corrected chi connectivity index (χ3v) is 4.88. The van der Waals surface area contributed by atoms with Crippen LogP contribution in [0.15, 0.2) is 47.2 Å². The molecule has 1 aromatic heterocycles. The van der Waals surface area contributed by atoms with Crippen molar-refractivity contribution >= 4 is 21.8 Å². The number of nitrogens with zero attached hydrogens (tertiary/aromatic N) is 3. The highest BCUT2D eigenvalue weighted by Crippen LogP contribution is 2.25. The molecule has 1 aromatic carbocycles. The highest BCUT2D eigenvalue weighted by atomic mass is 79.9. The van der Waals surface area contributed by atoms with Gasteiger partial charge in [0.2, 0.25) is 5.91 Å². The second-order valence-corrected chi connectivity index (χ2v) is 7.14. The summed E-state index contributed by atoms with van der Waals surface area (Å²) in [6.45, 7) is 3.42. The van der Waals surface area contributed by atoms with Crippen molar-refractivity contribution in [1.82, 2.24) is 14.9 Å². The van der Waals surface area contributed by atoms with Gasteiger partial charge in [0.05, 0.1) is 16.9 Å². The van der Waals surface area contributed by atoms with Gasteiger partial charge in [-0.05, 0) is 40.8 Å². The zero-order valence-electron chi connectivity index (χ0n) is 14.3. The van der Waals surface area contributed by atoms with Crippen LogP contribution in [-0.4, -0.2) is 40.0 Å². The summed E-state index contributed by atoms with van der Waals surface area (Å²) in [5.74, 6) is 0.0857. The Morgan fingerprint density at radius 1 is 1.32 bits per heavy atom. The molecular formula is C19H22BrN3O2. The van der Waals surface area contributed by atoms with Crippen LogP contribution in [0.5, 0.6) is 6.01 Å². The topological polar surface area (TPSA) is 55.3 Å². The van der Waals surface area contributed by atoms with E-state index in [1.165, 1.54) is 0 Å². The second kappa shape index (κ2) is 8.43. The first-order valence-corrected chi connectivity index (χ1v) is 9.44. The summed E-state index contributed by atoms with van der Waals surface area (Å²) in [6, 6.07) is 10.4. The molecule has 2 aromatic rings. The summed E-state index contributed by atoms with van der Waals surface area (Å²) in [5, 5.41) is 0. The van der Waals surface area contributed by atoms with E-state index in [-0.39, 0.29) is 17.9 Å². The molecule has 1 amide bonds. The van der Waals surface area contributed by atoms with E-state index in [4.69, 9.17) is 4.74 Å². The summed E-state index contributed by atoms with van der Waals surface area (Å²) in [4.78, 5) is 23.2. The molecule has 0 bridgehead atoms. The highest BCUT2D eigenvalue weighted by Gasteiger charge is 2.30. The number of amides is 1. The van der Waals surface area contributed by atoms with Crippen LogP contribution < -0.4 is 4.74 Å². The first-order chi connectivity index (χ1) is 12.2. The van der Waals surface area contributed by atoms with Crippen LogP contribution >= 0.6 is 15.9 Å². The SMILES string of the molecule is CCC(C(=O)N1CCCC(Oc2ncc(Br)cn2)C1)c1ccccc1. The number of carbonyl (C=O) groups is 1. The Bertz CT molecular complexity index is 694. The molecule has 0 aliphatic carbocycles. The van der Waals surface area contributed by atoms with E-state index >= 15 is 0 Å². The van der Waals surface area contributed by atoms with E-state index in [1.807, 2.05) is 35.2 Å². The maximum Gasteiger partial charge on any atom is 0.316 e. The van der Waals surface area contributed by atoms with E-state index in [1.54, 1.807) is 12.4 Å². The third-order valence-electron chi connectivity index (χ3n) is 4.47. The second-order valence-electron chi connectivity index (χ2n) is 6.22. The molecule has 1 fully saturated rings. The largest absolute Gasteiger partial charge is 0.458 e. The average molecular weight is 404 g/mol. The first kappa shape index (κ1) is 17.9. The number of hydrogen-bond donors (Lipinski definition) is 0. The van der Waals surface area contributed by atoms with Crippen LogP contribution in [0.4, 0.5) is 0 Å². The predicted octanol–water partition coefficient (Wildman–Crippen LogP) is 3.80. The zero-order chi connectivity index (χ0) is 17.6. The number of rotatable bonds is 5. The van der Waals surface area contributed by atoms with Crippen LogP contribution in [0.25, 0.3) is 0 Å². The summed E-state index contributed by atoms with van der Waals surface area (Å²) < 4.78 is 6.69. The van der Waals surface area contributed by atoms with Crippen molar-refractivity contribution in [2.45, 2.75) is 38.2 Å².